The van der Waals surface area contributed by atoms with Crippen molar-refractivity contribution in [2.24, 2.45) is 0 Å². The van der Waals surface area contributed by atoms with Gasteiger partial charge in [0.1, 0.15) is 11.3 Å². The molecule has 0 saturated carbocycles. The minimum atomic E-state index is 0.0792. The highest BCUT2D eigenvalue weighted by Crippen LogP contribution is 2.39. The van der Waals surface area contributed by atoms with Gasteiger partial charge in [0.25, 0.3) is 0 Å². The number of hydrogen-bond acceptors (Lipinski definition) is 1. The highest BCUT2D eigenvalue weighted by Gasteiger charge is 2.21. The molecule has 0 amide bonds. The van der Waals surface area contributed by atoms with Gasteiger partial charge < -0.3 is 0 Å². The molecule has 3 heteroatoms. The average molecular weight is 584 g/mol. The first-order valence-electron chi connectivity index (χ1n) is 15.8. The zero-order chi connectivity index (χ0) is 31.0. The van der Waals surface area contributed by atoms with Gasteiger partial charge in [0.15, 0.2) is 0 Å². The number of benzene rings is 5. The molecule has 0 unspecified atom stereocenters. The van der Waals surface area contributed by atoms with Crippen LogP contribution in [0.3, 0.4) is 0 Å². The number of aromatic nitrogens is 3. The van der Waals surface area contributed by atoms with Crippen molar-refractivity contribution in [3.63, 3.8) is 0 Å². The van der Waals surface area contributed by atoms with Gasteiger partial charge in [-0.2, -0.15) is 0 Å². The van der Waals surface area contributed by atoms with E-state index in [0.717, 1.165) is 22.7 Å². The largest absolute Gasteiger partial charge is 0.294 e. The van der Waals surface area contributed by atoms with E-state index in [-0.39, 0.29) is 5.41 Å². The zero-order valence-electron chi connectivity index (χ0n) is 26.8. The van der Waals surface area contributed by atoms with Crippen molar-refractivity contribution in [2.45, 2.75) is 47.0 Å². The van der Waals surface area contributed by atoms with Crippen molar-refractivity contribution >= 4 is 43.9 Å². The number of pyridine rings is 1. The molecule has 45 heavy (non-hydrogen) atoms. The summed E-state index contributed by atoms with van der Waals surface area (Å²) in [5.74, 6) is 0. The van der Waals surface area contributed by atoms with Crippen molar-refractivity contribution in [2.75, 3.05) is 0 Å². The second kappa shape index (κ2) is 9.93. The van der Waals surface area contributed by atoms with Gasteiger partial charge in [-0.15, -0.1) is 0 Å². The summed E-state index contributed by atoms with van der Waals surface area (Å²) in [7, 11) is 0. The maximum atomic E-state index is 5.56. The Balaban J connectivity index is 1.46. The standard InChI is InChI=1S/C42H37N3/c1-26-15-19-38-34(21-26)36-25-37-35-22-27(2)16-20-39(35)45(41(37)43-40(36)44(38)31-12-8-7-9-13-31)32-14-10-11-29(23-32)33-24-30(42(4,5)6)18-17-28(33)3/h7-25H,1-6H3. The Bertz CT molecular complexity index is 2430. The van der Waals surface area contributed by atoms with Gasteiger partial charge in [-0.25, -0.2) is 4.98 Å². The maximum absolute atomic E-state index is 5.56. The van der Waals surface area contributed by atoms with Crippen LogP contribution in [0, 0.1) is 20.8 Å². The second-order valence-corrected chi connectivity index (χ2v) is 13.6. The first kappa shape index (κ1) is 27.4. The molecule has 0 fully saturated rings. The molecule has 0 aliphatic rings. The summed E-state index contributed by atoms with van der Waals surface area (Å²) < 4.78 is 4.67. The summed E-state index contributed by atoms with van der Waals surface area (Å²) in [6.07, 6.45) is 0. The summed E-state index contributed by atoms with van der Waals surface area (Å²) in [5.41, 5.74) is 14.2. The lowest BCUT2D eigenvalue weighted by atomic mass is 9.84. The zero-order valence-corrected chi connectivity index (χ0v) is 26.8. The van der Waals surface area contributed by atoms with Gasteiger partial charge >= 0.3 is 0 Å². The van der Waals surface area contributed by atoms with Crippen LogP contribution in [-0.4, -0.2) is 14.1 Å². The van der Waals surface area contributed by atoms with E-state index in [4.69, 9.17) is 4.98 Å². The van der Waals surface area contributed by atoms with Gasteiger partial charge in [0.05, 0.1) is 11.0 Å². The van der Waals surface area contributed by atoms with Crippen molar-refractivity contribution in [3.8, 4) is 22.5 Å². The molecule has 0 aliphatic carbocycles. The number of nitrogens with zero attached hydrogens (tertiary/aromatic N) is 3. The Morgan fingerprint density at radius 1 is 0.511 bits per heavy atom. The van der Waals surface area contributed by atoms with E-state index in [0.29, 0.717) is 0 Å². The summed E-state index contributed by atoms with van der Waals surface area (Å²) in [6.45, 7) is 13.4. The number of para-hydroxylation sites is 1. The normalized spacial score (nSPS) is 12.2. The molecule has 220 valence electrons. The summed E-state index contributed by atoms with van der Waals surface area (Å²) in [5, 5.41) is 4.80. The number of aryl methyl sites for hydroxylation is 3. The van der Waals surface area contributed by atoms with Crippen LogP contribution in [0.2, 0.25) is 0 Å². The van der Waals surface area contributed by atoms with E-state index >= 15 is 0 Å². The van der Waals surface area contributed by atoms with E-state index in [9.17, 15) is 0 Å². The Hall–Kier alpha value is -5.15. The van der Waals surface area contributed by atoms with Gasteiger partial charge in [-0.3, -0.25) is 9.13 Å². The molecule has 0 saturated heterocycles. The third-order valence-electron chi connectivity index (χ3n) is 9.31. The molecule has 3 aromatic heterocycles. The molecule has 3 heterocycles. The molecule has 0 N–H and O–H groups in total. The molecular weight excluding hydrogens is 546 g/mol. The van der Waals surface area contributed by atoms with E-state index in [1.54, 1.807) is 0 Å². The average Bonchev–Trinajstić information content (AvgIpc) is 3.51. The SMILES string of the molecule is Cc1ccc2c(c1)c1cc3c4cc(C)ccc4n(-c4cccc(-c5cc(C(C)(C)C)ccc5C)c4)c3nc1n2-c1ccccc1. The molecule has 0 bridgehead atoms. The summed E-state index contributed by atoms with van der Waals surface area (Å²) in [6, 6.07) is 42.3. The molecular formula is C42H37N3. The Morgan fingerprint density at radius 2 is 1.11 bits per heavy atom. The van der Waals surface area contributed by atoms with Crippen LogP contribution in [0.25, 0.3) is 66.4 Å². The van der Waals surface area contributed by atoms with Crippen molar-refractivity contribution in [1.29, 1.82) is 0 Å². The van der Waals surface area contributed by atoms with E-state index in [1.165, 1.54) is 66.0 Å². The number of rotatable bonds is 3. The Morgan fingerprint density at radius 3 is 1.73 bits per heavy atom. The molecule has 3 nitrogen and oxygen atoms in total. The van der Waals surface area contributed by atoms with Crippen LogP contribution in [0.15, 0.2) is 115 Å². The number of fused-ring (bicyclic) bond motifs is 6. The third kappa shape index (κ3) is 4.37. The lowest BCUT2D eigenvalue weighted by Gasteiger charge is -2.21. The van der Waals surface area contributed by atoms with Crippen LogP contribution < -0.4 is 0 Å². The third-order valence-corrected chi connectivity index (χ3v) is 9.31. The minimum Gasteiger partial charge on any atom is -0.294 e. The fraction of sp³-hybridized carbons (Fsp3) is 0.167. The quantitative estimate of drug-likeness (QED) is 0.203. The van der Waals surface area contributed by atoms with E-state index in [1.807, 2.05) is 0 Å². The maximum Gasteiger partial charge on any atom is 0.148 e. The lowest BCUT2D eigenvalue weighted by Crippen LogP contribution is -2.11. The van der Waals surface area contributed by atoms with Gasteiger partial charge in [0, 0.05) is 32.9 Å². The molecule has 0 atom stereocenters. The van der Waals surface area contributed by atoms with Gasteiger partial charge in [-0.05, 0) is 103 Å². The summed E-state index contributed by atoms with van der Waals surface area (Å²) >= 11 is 0. The predicted molar refractivity (Wildman–Crippen MR) is 191 cm³/mol. The summed E-state index contributed by atoms with van der Waals surface area (Å²) in [4.78, 5) is 5.56. The molecule has 8 aromatic rings. The molecule has 0 aliphatic heterocycles. The molecule has 0 spiro atoms. The Kier molecular flexibility index (Phi) is 6.05. The first-order chi connectivity index (χ1) is 21.7. The van der Waals surface area contributed by atoms with E-state index in [2.05, 4.69) is 166 Å². The molecule has 8 rings (SSSR count). The topological polar surface area (TPSA) is 22.8 Å². The Labute approximate surface area is 264 Å². The monoisotopic (exact) mass is 583 g/mol. The van der Waals surface area contributed by atoms with Crippen molar-refractivity contribution in [3.05, 3.63) is 138 Å². The van der Waals surface area contributed by atoms with Crippen LogP contribution in [-0.2, 0) is 5.41 Å². The fourth-order valence-corrected chi connectivity index (χ4v) is 6.89. The van der Waals surface area contributed by atoms with Crippen LogP contribution >= 0.6 is 0 Å². The van der Waals surface area contributed by atoms with Crippen LogP contribution in [0.5, 0.6) is 0 Å². The van der Waals surface area contributed by atoms with Gasteiger partial charge in [0.2, 0.25) is 0 Å². The minimum absolute atomic E-state index is 0.0792. The van der Waals surface area contributed by atoms with Crippen molar-refractivity contribution in [1.82, 2.24) is 14.1 Å². The van der Waals surface area contributed by atoms with E-state index < -0.39 is 0 Å². The fourth-order valence-electron chi connectivity index (χ4n) is 6.89. The van der Waals surface area contributed by atoms with Crippen molar-refractivity contribution < 1.29 is 0 Å². The number of hydrogen-bond donors (Lipinski definition) is 0. The molecule has 0 radical (unpaired) electrons. The highest BCUT2D eigenvalue weighted by atomic mass is 15.1. The first-order valence-corrected chi connectivity index (χ1v) is 15.8. The van der Waals surface area contributed by atoms with Crippen LogP contribution in [0.4, 0.5) is 0 Å². The molecule has 5 aromatic carbocycles. The van der Waals surface area contributed by atoms with Crippen LogP contribution in [0.1, 0.15) is 43.0 Å². The highest BCUT2D eigenvalue weighted by molar-refractivity contribution is 6.17. The lowest BCUT2D eigenvalue weighted by molar-refractivity contribution is 0.590. The second-order valence-electron chi connectivity index (χ2n) is 13.6. The smallest absolute Gasteiger partial charge is 0.148 e. The van der Waals surface area contributed by atoms with Gasteiger partial charge in [-0.1, -0.05) is 92.6 Å². The predicted octanol–water partition coefficient (Wildman–Crippen LogP) is 11.2.